The van der Waals surface area contributed by atoms with Crippen LogP contribution >= 0.6 is 0 Å². The van der Waals surface area contributed by atoms with Crippen molar-refractivity contribution in [1.29, 1.82) is 0 Å². The predicted molar refractivity (Wildman–Crippen MR) is 132 cm³/mol. The first-order valence-electron chi connectivity index (χ1n) is 11.8. The number of ether oxygens (including phenoxy) is 1. The van der Waals surface area contributed by atoms with Crippen molar-refractivity contribution in [3.8, 4) is 0 Å². The second kappa shape index (κ2) is 9.93. The Bertz CT molecular complexity index is 1010. The van der Waals surface area contributed by atoms with E-state index in [2.05, 4.69) is 43.3 Å². The van der Waals surface area contributed by atoms with Gasteiger partial charge in [0.25, 0.3) is 0 Å². The second-order valence-corrected chi connectivity index (χ2v) is 10.4. The number of anilines is 2. The molecule has 8 nitrogen and oxygen atoms in total. The molecule has 2 aromatic heterocycles. The average Bonchev–Trinajstić information content (AvgIpc) is 2.72. The molecule has 1 aliphatic rings. The van der Waals surface area contributed by atoms with Crippen molar-refractivity contribution < 1.29 is 14.3 Å². The summed E-state index contributed by atoms with van der Waals surface area (Å²) in [6.45, 7) is 14.8. The van der Waals surface area contributed by atoms with Gasteiger partial charge in [-0.2, -0.15) is 0 Å². The summed E-state index contributed by atoms with van der Waals surface area (Å²) in [5.74, 6) is 1.12. The molecule has 1 atom stereocenters. The number of nitrogens with zero attached hydrogens (tertiary/aromatic N) is 3. The number of pyridine rings is 2. The van der Waals surface area contributed by atoms with Crippen LogP contribution in [0.25, 0.3) is 10.8 Å². The van der Waals surface area contributed by atoms with Crippen molar-refractivity contribution >= 4 is 34.4 Å². The molecule has 0 bridgehead atoms. The minimum Gasteiger partial charge on any atom is -0.444 e. The van der Waals surface area contributed by atoms with Gasteiger partial charge in [-0.3, -0.25) is 4.79 Å². The average molecular weight is 456 g/mol. The second-order valence-electron chi connectivity index (χ2n) is 10.4. The first kappa shape index (κ1) is 24.7. The first-order chi connectivity index (χ1) is 15.4. The molecule has 0 spiro atoms. The van der Waals surface area contributed by atoms with Gasteiger partial charge in [-0.25, -0.2) is 14.8 Å². The molecule has 0 saturated carbocycles. The largest absolute Gasteiger partial charge is 0.444 e. The summed E-state index contributed by atoms with van der Waals surface area (Å²) in [4.78, 5) is 36.3. The summed E-state index contributed by atoms with van der Waals surface area (Å²) in [6.07, 6.45) is 2.88. The zero-order chi connectivity index (χ0) is 24.3. The summed E-state index contributed by atoms with van der Waals surface area (Å²) in [6, 6.07) is 4.13. The smallest absolute Gasteiger partial charge is 0.410 e. The zero-order valence-corrected chi connectivity index (χ0v) is 20.9. The molecule has 0 aromatic carbocycles. The number of aromatic nitrogens is 2. The minimum atomic E-state index is -0.563. The lowest BCUT2D eigenvalue weighted by Crippen LogP contribution is -2.45. The molecule has 0 aliphatic carbocycles. The lowest BCUT2D eigenvalue weighted by Gasteiger charge is -2.33. The van der Waals surface area contributed by atoms with E-state index in [1.807, 2.05) is 32.9 Å². The number of nitrogens with one attached hydrogen (secondary N) is 2. The molecule has 1 fully saturated rings. The summed E-state index contributed by atoms with van der Waals surface area (Å²) in [7, 11) is 0. The monoisotopic (exact) mass is 455 g/mol. The Kier molecular flexibility index (Phi) is 7.44. The third-order valence-corrected chi connectivity index (χ3v) is 5.45. The highest BCUT2D eigenvalue weighted by Gasteiger charge is 2.31. The summed E-state index contributed by atoms with van der Waals surface area (Å²) < 4.78 is 5.47. The highest BCUT2D eigenvalue weighted by Crippen LogP contribution is 2.28. The van der Waals surface area contributed by atoms with E-state index in [0.29, 0.717) is 24.8 Å². The van der Waals surface area contributed by atoms with E-state index < -0.39 is 5.60 Å². The minimum absolute atomic E-state index is 0.139. The molecule has 2 N–H and O–H groups in total. The van der Waals surface area contributed by atoms with Crippen LogP contribution in [-0.4, -0.2) is 51.6 Å². The Morgan fingerprint density at radius 3 is 2.55 bits per heavy atom. The SMILES string of the molecule is CC(C)Nc1nc(C(C)C)cc2cnc(NC(=O)[C@@H]3CCCN(C(=O)OC(C)(C)C)C3)cc12. The number of fused-ring (bicyclic) bond motifs is 1. The van der Waals surface area contributed by atoms with Gasteiger partial charge in [0, 0.05) is 41.8 Å². The molecular weight excluding hydrogens is 418 g/mol. The van der Waals surface area contributed by atoms with Crippen LogP contribution in [0.1, 0.15) is 72.9 Å². The van der Waals surface area contributed by atoms with Crippen LogP contribution in [0.15, 0.2) is 18.3 Å². The molecule has 2 amide bonds. The molecule has 3 rings (SSSR count). The van der Waals surface area contributed by atoms with Crippen LogP contribution in [-0.2, 0) is 9.53 Å². The summed E-state index contributed by atoms with van der Waals surface area (Å²) >= 11 is 0. The van der Waals surface area contributed by atoms with Crippen LogP contribution in [0, 0.1) is 5.92 Å². The first-order valence-corrected chi connectivity index (χ1v) is 11.8. The third-order valence-electron chi connectivity index (χ3n) is 5.45. The topological polar surface area (TPSA) is 96.5 Å². The Labute approximate surface area is 196 Å². The normalized spacial score (nSPS) is 16.9. The number of carbonyl (C=O) groups is 2. The van der Waals surface area contributed by atoms with Crippen LogP contribution < -0.4 is 10.6 Å². The van der Waals surface area contributed by atoms with Crippen molar-refractivity contribution in [3.05, 3.63) is 24.0 Å². The fourth-order valence-electron chi connectivity index (χ4n) is 3.83. The standard InChI is InChI=1S/C25H37N5O3/c1-15(2)20-11-18-13-26-21(12-19(18)22(28-20)27-16(3)4)29-23(31)17-9-8-10-30(14-17)24(32)33-25(5,6)7/h11-13,15-17H,8-10,14H2,1-7H3,(H,27,28)(H,26,29,31)/t17-/m1/s1. The van der Waals surface area contributed by atoms with Gasteiger partial charge in [0.1, 0.15) is 17.2 Å². The maximum absolute atomic E-state index is 13.0. The van der Waals surface area contributed by atoms with E-state index in [9.17, 15) is 9.59 Å². The van der Waals surface area contributed by atoms with Gasteiger partial charge in [-0.15, -0.1) is 0 Å². The highest BCUT2D eigenvalue weighted by atomic mass is 16.6. The van der Waals surface area contributed by atoms with Crippen molar-refractivity contribution in [2.75, 3.05) is 23.7 Å². The van der Waals surface area contributed by atoms with Gasteiger partial charge in [-0.1, -0.05) is 13.8 Å². The van der Waals surface area contributed by atoms with Gasteiger partial charge in [0.15, 0.2) is 0 Å². The summed E-state index contributed by atoms with van der Waals surface area (Å²) in [5, 5.41) is 8.25. The van der Waals surface area contributed by atoms with Crippen molar-refractivity contribution in [3.63, 3.8) is 0 Å². The molecular formula is C25H37N5O3. The number of amides is 2. The van der Waals surface area contributed by atoms with Crippen LogP contribution in [0.3, 0.4) is 0 Å². The fourth-order valence-corrected chi connectivity index (χ4v) is 3.83. The van der Waals surface area contributed by atoms with Gasteiger partial charge in [0.05, 0.1) is 5.92 Å². The van der Waals surface area contributed by atoms with Gasteiger partial charge < -0.3 is 20.3 Å². The lowest BCUT2D eigenvalue weighted by atomic mass is 9.97. The van der Waals surface area contributed by atoms with E-state index in [-0.39, 0.29) is 24.0 Å². The molecule has 1 aliphatic heterocycles. The number of likely N-dealkylation sites (tertiary alicyclic amines) is 1. The zero-order valence-electron chi connectivity index (χ0n) is 20.9. The molecule has 0 unspecified atom stereocenters. The molecule has 8 heteroatoms. The van der Waals surface area contributed by atoms with E-state index in [4.69, 9.17) is 9.72 Å². The van der Waals surface area contributed by atoms with E-state index in [1.54, 1.807) is 11.1 Å². The fraction of sp³-hybridized carbons (Fsp3) is 0.600. The molecule has 180 valence electrons. The Hall–Kier alpha value is -2.90. The third kappa shape index (κ3) is 6.55. The van der Waals surface area contributed by atoms with E-state index in [0.717, 1.165) is 35.1 Å². The van der Waals surface area contributed by atoms with Crippen molar-refractivity contribution in [1.82, 2.24) is 14.9 Å². The Morgan fingerprint density at radius 1 is 1.18 bits per heavy atom. The van der Waals surface area contributed by atoms with Gasteiger partial charge in [-0.05, 0) is 65.5 Å². The van der Waals surface area contributed by atoms with Crippen LogP contribution in [0.4, 0.5) is 16.4 Å². The lowest BCUT2D eigenvalue weighted by molar-refractivity contribution is -0.121. The Balaban J connectivity index is 1.77. The van der Waals surface area contributed by atoms with Crippen molar-refractivity contribution in [2.24, 2.45) is 5.92 Å². The number of carbonyl (C=O) groups excluding carboxylic acids is 2. The maximum atomic E-state index is 13.0. The Morgan fingerprint density at radius 2 is 1.91 bits per heavy atom. The van der Waals surface area contributed by atoms with Crippen LogP contribution in [0.2, 0.25) is 0 Å². The molecule has 3 heterocycles. The molecule has 1 saturated heterocycles. The molecule has 0 radical (unpaired) electrons. The van der Waals surface area contributed by atoms with Gasteiger partial charge in [0.2, 0.25) is 5.91 Å². The maximum Gasteiger partial charge on any atom is 0.410 e. The highest BCUT2D eigenvalue weighted by molar-refractivity contribution is 5.97. The number of hydrogen-bond acceptors (Lipinski definition) is 6. The van der Waals surface area contributed by atoms with Gasteiger partial charge >= 0.3 is 6.09 Å². The van der Waals surface area contributed by atoms with Crippen molar-refractivity contribution in [2.45, 2.75) is 78.9 Å². The number of rotatable bonds is 5. The summed E-state index contributed by atoms with van der Waals surface area (Å²) in [5.41, 5.74) is 0.431. The number of piperidine rings is 1. The van der Waals surface area contributed by atoms with E-state index in [1.165, 1.54) is 0 Å². The molecule has 2 aromatic rings. The number of hydrogen-bond donors (Lipinski definition) is 2. The van der Waals surface area contributed by atoms with Crippen LogP contribution in [0.5, 0.6) is 0 Å². The van der Waals surface area contributed by atoms with E-state index >= 15 is 0 Å². The molecule has 33 heavy (non-hydrogen) atoms. The predicted octanol–water partition coefficient (Wildman–Crippen LogP) is 5.16. The quantitative estimate of drug-likeness (QED) is 0.646.